The molecule has 0 atom stereocenters. The number of hydrogen-bond donors (Lipinski definition) is 1. The van der Waals surface area contributed by atoms with Crippen LogP contribution in [0.1, 0.15) is 5.76 Å². The fourth-order valence-corrected chi connectivity index (χ4v) is 3.50. The SMILES string of the molecule is O=C(/C=C/c1ccc(-c2ccc(Br)cc2)o1)Nc1ccc2nn(-c3ccc(F)cc3)nc2c1. The molecule has 6 nitrogen and oxygen atoms in total. The molecule has 0 bridgehead atoms. The minimum atomic E-state index is -0.326. The Balaban J connectivity index is 1.27. The summed E-state index contributed by atoms with van der Waals surface area (Å²) in [6, 6.07) is 22.6. The molecule has 0 aliphatic carbocycles. The Morgan fingerprint density at radius 1 is 0.939 bits per heavy atom. The van der Waals surface area contributed by atoms with Crippen LogP contribution < -0.4 is 5.32 Å². The van der Waals surface area contributed by atoms with E-state index in [1.54, 1.807) is 42.5 Å². The van der Waals surface area contributed by atoms with E-state index in [1.807, 2.05) is 30.3 Å². The van der Waals surface area contributed by atoms with Crippen molar-refractivity contribution in [2.75, 3.05) is 5.32 Å². The van der Waals surface area contributed by atoms with Crippen LogP contribution in [-0.4, -0.2) is 20.9 Å². The van der Waals surface area contributed by atoms with Crippen LogP contribution in [0.4, 0.5) is 10.1 Å². The van der Waals surface area contributed by atoms with Crippen LogP contribution in [0.2, 0.25) is 0 Å². The summed E-state index contributed by atoms with van der Waals surface area (Å²) in [5, 5.41) is 11.6. The Labute approximate surface area is 196 Å². The van der Waals surface area contributed by atoms with Crippen molar-refractivity contribution in [2.24, 2.45) is 0 Å². The second kappa shape index (κ2) is 8.84. The van der Waals surface area contributed by atoms with Crippen LogP contribution in [-0.2, 0) is 4.79 Å². The van der Waals surface area contributed by atoms with E-state index >= 15 is 0 Å². The number of benzene rings is 3. The molecule has 33 heavy (non-hydrogen) atoms. The number of fused-ring (bicyclic) bond motifs is 1. The number of amides is 1. The highest BCUT2D eigenvalue weighted by Gasteiger charge is 2.08. The molecule has 0 fully saturated rings. The highest BCUT2D eigenvalue weighted by atomic mass is 79.9. The number of aromatic nitrogens is 3. The Kier molecular flexibility index (Phi) is 5.58. The maximum atomic E-state index is 13.1. The summed E-state index contributed by atoms with van der Waals surface area (Å²) in [5.41, 5.74) is 3.43. The zero-order valence-corrected chi connectivity index (χ0v) is 18.7. The van der Waals surface area contributed by atoms with Gasteiger partial charge in [-0.15, -0.1) is 10.2 Å². The lowest BCUT2D eigenvalue weighted by atomic mass is 10.2. The van der Waals surface area contributed by atoms with E-state index in [2.05, 4.69) is 31.4 Å². The van der Waals surface area contributed by atoms with Gasteiger partial charge < -0.3 is 9.73 Å². The molecule has 0 saturated carbocycles. The number of nitrogens with one attached hydrogen (secondary N) is 1. The van der Waals surface area contributed by atoms with Crippen LogP contribution in [0.15, 0.2) is 93.8 Å². The molecule has 0 aliphatic rings. The average Bonchev–Trinajstić information content (AvgIpc) is 3.46. The molecule has 1 amide bonds. The predicted octanol–water partition coefficient (Wildman–Crippen LogP) is 6.23. The molecule has 0 saturated heterocycles. The zero-order valence-electron chi connectivity index (χ0n) is 17.1. The Morgan fingerprint density at radius 2 is 1.70 bits per heavy atom. The molecule has 162 valence electrons. The van der Waals surface area contributed by atoms with Gasteiger partial charge in [-0.1, -0.05) is 28.1 Å². The van der Waals surface area contributed by atoms with Gasteiger partial charge in [-0.3, -0.25) is 4.79 Å². The van der Waals surface area contributed by atoms with E-state index in [1.165, 1.54) is 23.0 Å². The molecule has 8 heteroatoms. The third-order valence-electron chi connectivity index (χ3n) is 4.86. The molecule has 2 heterocycles. The van der Waals surface area contributed by atoms with Crippen molar-refractivity contribution in [2.45, 2.75) is 0 Å². The topological polar surface area (TPSA) is 73.0 Å². The van der Waals surface area contributed by atoms with Gasteiger partial charge in [0.15, 0.2) is 0 Å². The first-order valence-corrected chi connectivity index (χ1v) is 10.8. The monoisotopic (exact) mass is 502 g/mol. The van der Waals surface area contributed by atoms with E-state index in [0.717, 1.165) is 15.8 Å². The van der Waals surface area contributed by atoms with Gasteiger partial charge >= 0.3 is 0 Å². The summed E-state index contributed by atoms with van der Waals surface area (Å²) in [5.74, 6) is 0.660. The summed E-state index contributed by atoms with van der Waals surface area (Å²) >= 11 is 3.41. The molecular weight excluding hydrogens is 487 g/mol. The second-order valence-electron chi connectivity index (χ2n) is 7.20. The van der Waals surface area contributed by atoms with Crippen molar-refractivity contribution >= 4 is 44.6 Å². The Bertz CT molecular complexity index is 1470. The van der Waals surface area contributed by atoms with Crippen molar-refractivity contribution < 1.29 is 13.6 Å². The molecule has 0 spiro atoms. The minimum absolute atomic E-state index is 0.304. The number of halogens is 2. The second-order valence-corrected chi connectivity index (χ2v) is 8.12. The fourth-order valence-electron chi connectivity index (χ4n) is 3.24. The molecule has 0 unspecified atom stereocenters. The van der Waals surface area contributed by atoms with Gasteiger partial charge in [0.25, 0.3) is 0 Å². The number of furan rings is 1. The molecule has 0 aliphatic heterocycles. The molecule has 1 N–H and O–H groups in total. The van der Waals surface area contributed by atoms with Gasteiger partial charge in [-0.25, -0.2) is 4.39 Å². The van der Waals surface area contributed by atoms with Gasteiger partial charge in [0, 0.05) is 21.8 Å². The van der Waals surface area contributed by atoms with E-state index in [0.29, 0.717) is 28.2 Å². The molecular formula is C25H16BrFN4O2. The molecule has 5 rings (SSSR count). The lowest BCUT2D eigenvalue weighted by Gasteiger charge is -2.00. The van der Waals surface area contributed by atoms with Crippen LogP contribution in [0.25, 0.3) is 34.1 Å². The van der Waals surface area contributed by atoms with E-state index < -0.39 is 0 Å². The van der Waals surface area contributed by atoms with Gasteiger partial charge in [0.05, 0.1) is 5.69 Å². The van der Waals surface area contributed by atoms with E-state index in [4.69, 9.17) is 4.42 Å². The summed E-state index contributed by atoms with van der Waals surface area (Å²) < 4.78 is 19.9. The highest BCUT2D eigenvalue weighted by Crippen LogP contribution is 2.24. The first-order chi connectivity index (χ1) is 16.0. The van der Waals surface area contributed by atoms with E-state index in [-0.39, 0.29) is 11.7 Å². The van der Waals surface area contributed by atoms with Crippen LogP contribution in [0.3, 0.4) is 0 Å². The average molecular weight is 503 g/mol. The van der Waals surface area contributed by atoms with Gasteiger partial charge in [-0.2, -0.15) is 4.80 Å². The molecule has 5 aromatic rings. The Morgan fingerprint density at radius 3 is 2.48 bits per heavy atom. The first-order valence-electron chi connectivity index (χ1n) is 10.0. The summed E-state index contributed by atoms with van der Waals surface area (Å²) in [6.07, 6.45) is 3.02. The fraction of sp³-hybridized carbons (Fsp3) is 0. The van der Waals surface area contributed by atoms with Crippen LogP contribution in [0.5, 0.6) is 0 Å². The number of rotatable bonds is 5. The van der Waals surface area contributed by atoms with Crippen molar-refractivity contribution in [1.29, 1.82) is 0 Å². The van der Waals surface area contributed by atoms with E-state index in [9.17, 15) is 9.18 Å². The number of carbonyl (C=O) groups excluding carboxylic acids is 1. The van der Waals surface area contributed by atoms with Crippen molar-refractivity contribution in [3.8, 4) is 17.0 Å². The lowest BCUT2D eigenvalue weighted by Crippen LogP contribution is -2.07. The largest absolute Gasteiger partial charge is 0.457 e. The number of hydrogen-bond acceptors (Lipinski definition) is 4. The lowest BCUT2D eigenvalue weighted by molar-refractivity contribution is -0.111. The Hall–Kier alpha value is -4.04. The number of nitrogens with zero attached hydrogens (tertiary/aromatic N) is 3. The highest BCUT2D eigenvalue weighted by molar-refractivity contribution is 9.10. The number of anilines is 1. The quantitative estimate of drug-likeness (QED) is 0.289. The van der Waals surface area contributed by atoms with Gasteiger partial charge in [0.2, 0.25) is 5.91 Å². The van der Waals surface area contributed by atoms with Crippen molar-refractivity contribution in [3.63, 3.8) is 0 Å². The summed E-state index contributed by atoms with van der Waals surface area (Å²) in [4.78, 5) is 13.8. The normalized spacial score (nSPS) is 11.3. The number of carbonyl (C=O) groups is 1. The third-order valence-corrected chi connectivity index (χ3v) is 5.39. The van der Waals surface area contributed by atoms with Crippen molar-refractivity contribution in [3.05, 3.63) is 101 Å². The summed E-state index contributed by atoms with van der Waals surface area (Å²) in [7, 11) is 0. The molecule has 2 aromatic heterocycles. The van der Waals surface area contributed by atoms with Crippen LogP contribution in [0, 0.1) is 5.82 Å². The molecule has 3 aromatic carbocycles. The van der Waals surface area contributed by atoms with Gasteiger partial charge in [0.1, 0.15) is 28.4 Å². The predicted molar refractivity (Wildman–Crippen MR) is 128 cm³/mol. The summed E-state index contributed by atoms with van der Waals surface area (Å²) in [6.45, 7) is 0. The molecule has 0 radical (unpaired) electrons. The van der Waals surface area contributed by atoms with Crippen molar-refractivity contribution in [1.82, 2.24) is 15.0 Å². The maximum absolute atomic E-state index is 13.1. The first kappa shape index (κ1) is 20.8. The maximum Gasteiger partial charge on any atom is 0.248 e. The smallest absolute Gasteiger partial charge is 0.248 e. The minimum Gasteiger partial charge on any atom is -0.457 e. The van der Waals surface area contributed by atoms with Gasteiger partial charge in [-0.05, 0) is 72.8 Å². The van der Waals surface area contributed by atoms with Crippen LogP contribution >= 0.6 is 15.9 Å². The zero-order chi connectivity index (χ0) is 22.8. The standard InChI is InChI=1S/C25H16BrFN4O2/c26-17-3-1-16(2-4-17)24-13-10-21(33-24)11-14-25(32)28-19-7-12-22-23(15-19)30-31(29-22)20-8-5-18(27)6-9-20/h1-15H,(H,28,32)/b14-11+. The third kappa shape index (κ3) is 4.75.